The molecule has 1 aromatic carbocycles. The third kappa shape index (κ3) is 4.52. The van der Waals surface area contributed by atoms with Gasteiger partial charge in [-0.2, -0.15) is 0 Å². The van der Waals surface area contributed by atoms with Crippen LogP contribution in [0.1, 0.15) is 30.5 Å². The van der Waals surface area contributed by atoms with Crippen LogP contribution < -0.4 is 4.74 Å². The molecule has 0 aliphatic carbocycles. The first-order chi connectivity index (χ1) is 14.4. The molecule has 0 radical (unpaired) electrons. The van der Waals surface area contributed by atoms with Gasteiger partial charge in [-0.3, -0.25) is 14.6 Å². The van der Waals surface area contributed by atoms with Crippen LogP contribution in [0.3, 0.4) is 0 Å². The Hall–Kier alpha value is -3.19. The molecule has 1 unspecified atom stereocenters. The molecule has 1 aliphatic rings. The van der Waals surface area contributed by atoms with Crippen molar-refractivity contribution < 1.29 is 19.4 Å². The molecule has 2 heterocycles. The van der Waals surface area contributed by atoms with Crippen molar-refractivity contribution in [2.24, 2.45) is 0 Å². The van der Waals surface area contributed by atoms with Gasteiger partial charge >= 0.3 is 0 Å². The van der Waals surface area contributed by atoms with Gasteiger partial charge in [0.15, 0.2) is 0 Å². The summed E-state index contributed by atoms with van der Waals surface area (Å²) in [6, 6.07) is 9.73. The Balaban J connectivity index is 2.03. The number of likely N-dealkylation sites (N-methyl/N-ethyl adjacent to an activating group) is 1. The Labute approximate surface area is 176 Å². The molecular weight excluding hydrogens is 382 g/mol. The molecule has 0 saturated carbocycles. The number of carbonyl (C=O) groups is 2. The number of aromatic nitrogens is 1. The van der Waals surface area contributed by atoms with Crippen molar-refractivity contribution in [2.75, 3.05) is 33.8 Å². The summed E-state index contributed by atoms with van der Waals surface area (Å²) in [4.78, 5) is 33.3. The van der Waals surface area contributed by atoms with E-state index < -0.39 is 17.7 Å². The predicted molar refractivity (Wildman–Crippen MR) is 114 cm³/mol. The third-order valence-electron chi connectivity index (χ3n) is 4.93. The summed E-state index contributed by atoms with van der Waals surface area (Å²) in [7, 11) is 3.80. The molecular formula is C23H27N3O4. The average Bonchev–Trinajstić information content (AvgIpc) is 3.01. The van der Waals surface area contributed by atoms with E-state index in [-0.39, 0.29) is 11.3 Å². The van der Waals surface area contributed by atoms with E-state index in [2.05, 4.69) is 4.98 Å². The van der Waals surface area contributed by atoms with Crippen LogP contribution in [0.15, 0.2) is 54.4 Å². The molecule has 0 bridgehead atoms. The number of benzene rings is 1. The number of aliphatic hydroxyl groups excluding tert-OH is 1. The highest BCUT2D eigenvalue weighted by Gasteiger charge is 2.45. The van der Waals surface area contributed by atoms with E-state index in [9.17, 15) is 14.7 Å². The van der Waals surface area contributed by atoms with Gasteiger partial charge in [0.25, 0.3) is 11.7 Å². The molecule has 1 fully saturated rings. The maximum atomic E-state index is 12.9. The zero-order valence-corrected chi connectivity index (χ0v) is 17.5. The largest absolute Gasteiger partial charge is 0.507 e. The molecule has 7 heteroatoms. The number of ether oxygens (including phenoxy) is 1. The number of rotatable bonds is 8. The number of hydrogen-bond donors (Lipinski definition) is 1. The standard InChI is InChI=1S/C23H27N3O4/c1-4-14-30-18-9-7-16(8-10-18)21(27)19-20(17-6-5-11-24-15-17)26(13-12-25(2)3)23(29)22(19)28/h5-11,15,20,27H,4,12-14H2,1-3H3/b21-19+. The summed E-state index contributed by atoms with van der Waals surface area (Å²) in [5, 5.41) is 11.0. The molecule has 1 atom stereocenters. The minimum atomic E-state index is -0.689. The van der Waals surface area contributed by atoms with Crippen LogP contribution in [0.25, 0.3) is 5.76 Å². The minimum Gasteiger partial charge on any atom is -0.507 e. The normalized spacial score (nSPS) is 18.3. The average molecular weight is 409 g/mol. The number of amides is 1. The summed E-state index contributed by atoms with van der Waals surface area (Å²) >= 11 is 0. The minimum absolute atomic E-state index is 0.0778. The number of aliphatic hydroxyl groups is 1. The number of pyridine rings is 1. The summed E-state index contributed by atoms with van der Waals surface area (Å²) in [6.45, 7) is 3.57. The van der Waals surface area contributed by atoms with Crippen molar-refractivity contribution in [1.82, 2.24) is 14.8 Å². The second-order valence-corrected chi connectivity index (χ2v) is 7.45. The second-order valence-electron chi connectivity index (χ2n) is 7.45. The molecule has 1 N–H and O–H groups in total. The Kier molecular flexibility index (Phi) is 6.84. The van der Waals surface area contributed by atoms with Gasteiger partial charge in [0, 0.05) is 31.0 Å². The third-order valence-corrected chi connectivity index (χ3v) is 4.93. The number of nitrogens with zero attached hydrogens (tertiary/aromatic N) is 3. The molecule has 30 heavy (non-hydrogen) atoms. The maximum Gasteiger partial charge on any atom is 0.295 e. The highest BCUT2D eigenvalue weighted by atomic mass is 16.5. The van der Waals surface area contributed by atoms with Crippen molar-refractivity contribution in [3.05, 3.63) is 65.5 Å². The van der Waals surface area contributed by atoms with Crippen molar-refractivity contribution in [3.8, 4) is 5.75 Å². The fourth-order valence-corrected chi connectivity index (χ4v) is 3.39. The van der Waals surface area contributed by atoms with Crippen LogP contribution in [0.5, 0.6) is 5.75 Å². The Morgan fingerprint density at radius 3 is 2.53 bits per heavy atom. The van der Waals surface area contributed by atoms with Crippen LogP contribution in [0.4, 0.5) is 0 Å². The van der Waals surface area contributed by atoms with E-state index >= 15 is 0 Å². The van der Waals surface area contributed by atoms with Gasteiger partial charge in [0.05, 0.1) is 18.2 Å². The first-order valence-corrected chi connectivity index (χ1v) is 10.00. The fourth-order valence-electron chi connectivity index (χ4n) is 3.39. The van der Waals surface area contributed by atoms with Crippen LogP contribution in [0, 0.1) is 0 Å². The quantitative estimate of drug-likeness (QED) is 0.410. The first kappa shape index (κ1) is 21.5. The summed E-state index contributed by atoms with van der Waals surface area (Å²) in [6.07, 6.45) is 4.14. The Morgan fingerprint density at radius 2 is 1.93 bits per heavy atom. The molecule has 3 rings (SSSR count). The van der Waals surface area contributed by atoms with Gasteiger partial charge in [-0.25, -0.2) is 0 Å². The number of hydrogen-bond acceptors (Lipinski definition) is 6. The smallest absolute Gasteiger partial charge is 0.295 e. The van der Waals surface area contributed by atoms with Gasteiger partial charge in [0.1, 0.15) is 11.5 Å². The van der Waals surface area contributed by atoms with E-state index in [1.807, 2.05) is 25.9 Å². The first-order valence-electron chi connectivity index (χ1n) is 10.00. The zero-order chi connectivity index (χ0) is 21.7. The van der Waals surface area contributed by atoms with Crippen molar-refractivity contribution >= 4 is 17.4 Å². The predicted octanol–water partition coefficient (Wildman–Crippen LogP) is 2.85. The maximum absolute atomic E-state index is 12.9. The lowest BCUT2D eigenvalue weighted by Gasteiger charge is -2.26. The molecule has 158 valence electrons. The van der Waals surface area contributed by atoms with Crippen molar-refractivity contribution in [3.63, 3.8) is 0 Å². The van der Waals surface area contributed by atoms with Crippen LogP contribution >= 0.6 is 0 Å². The van der Waals surface area contributed by atoms with Crippen molar-refractivity contribution in [2.45, 2.75) is 19.4 Å². The molecule has 1 aliphatic heterocycles. The van der Waals surface area contributed by atoms with E-state index in [1.54, 1.807) is 48.8 Å². The number of Topliss-reactive ketones (excluding diaryl/α,β-unsaturated/α-hetero) is 1. The summed E-state index contributed by atoms with van der Waals surface area (Å²) in [5.74, 6) is -0.818. The lowest BCUT2D eigenvalue weighted by Crippen LogP contribution is -2.35. The summed E-state index contributed by atoms with van der Waals surface area (Å²) in [5.41, 5.74) is 1.22. The number of ketones is 1. The highest BCUT2D eigenvalue weighted by Crippen LogP contribution is 2.39. The Bertz CT molecular complexity index is 923. The van der Waals surface area contributed by atoms with Gasteiger partial charge in [-0.1, -0.05) is 13.0 Å². The molecule has 1 aromatic heterocycles. The van der Waals surface area contributed by atoms with Crippen molar-refractivity contribution in [1.29, 1.82) is 0 Å². The molecule has 1 saturated heterocycles. The fraction of sp³-hybridized carbons (Fsp3) is 0.348. The molecule has 1 amide bonds. The van der Waals surface area contributed by atoms with Crippen LogP contribution in [-0.2, 0) is 9.59 Å². The number of likely N-dealkylation sites (tertiary alicyclic amines) is 1. The van der Waals surface area contributed by atoms with Gasteiger partial charge in [-0.15, -0.1) is 0 Å². The topological polar surface area (TPSA) is 83.0 Å². The molecule has 0 spiro atoms. The zero-order valence-electron chi connectivity index (χ0n) is 17.5. The lowest BCUT2D eigenvalue weighted by atomic mass is 9.96. The van der Waals surface area contributed by atoms with Crippen LogP contribution in [0.2, 0.25) is 0 Å². The van der Waals surface area contributed by atoms with Crippen LogP contribution in [-0.4, -0.2) is 65.4 Å². The SMILES string of the molecule is CCCOc1ccc(/C(O)=C2\C(=O)C(=O)N(CCN(C)C)C2c2cccnc2)cc1. The molecule has 7 nitrogen and oxygen atoms in total. The lowest BCUT2D eigenvalue weighted by molar-refractivity contribution is -0.140. The van der Waals surface area contributed by atoms with Gasteiger partial charge in [-0.05, 0) is 56.4 Å². The van der Waals surface area contributed by atoms with E-state index in [0.29, 0.717) is 36.6 Å². The van der Waals surface area contributed by atoms with Gasteiger partial charge < -0.3 is 19.6 Å². The highest BCUT2D eigenvalue weighted by molar-refractivity contribution is 6.46. The van der Waals surface area contributed by atoms with E-state index in [1.165, 1.54) is 4.90 Å². The summed E-state index contributed by atoms with van der Waals surface area (Å²) < 4.78 is 5.58. The van der Waals surface area contributed by atoms with E-state index in [0.717, 1.165) is 6.42 Å². The van der Waals surface area contributed by atoms with Gasteiger partial charge in [0.2, 0.25) is 0 Å². The monoisotopic (exact) mass is 409 g/mol. The Morgan fingerprint density at radius 1 is 1.20 bits per heavy atom. The second kappa shape index (κ2) is 9.54. The van der Waals surface area contributed by atoms with E-state index in [4.69, 9.17) is 4.74 Å². The number of carbonyl (C=O) groups excluding carboxylic acids is 2. The molecule has 2 aromatic rings.